The number of nitriles is 1. The fourth-order valence-electron chi connectivity index (χ4n) is 4.72. The van der Waals surface area contributed by atoms with E-state index in [0.29, 0.717) is 40.6 Å². The molecule has 1 fully saturated rings. The Kier molecular flexibility index (Phi) is 8.42. The summed E-state index contributed by atoms with van der Waals surface area (Å²) < 4.78 is 56.8. The maximum atomic E-state index is 13.5. The zero-order valence-corrected chi connectivity index (χ0v) is 24.4. The number of sulfonamides is 1. The van der Waals surface area contributed by atoms with Crippen LogP contribution in [0.3, 0.4) is 0 Å². The molecule has 1 aliphatic heterocycles. The van der Waals surface area contributed by atoms with E-state index >= 15 is 0 Å². The van der Waals surface area contributed by atoms with Crippen LogP contribution in [0.5, 0.6) is 0 Å². The Balaban J connectivity index is 1.63. The number of allylic oxidation sites excluding steroid dienone is 1. The lowest BCUT2D eigenvalue weighted by molar-refractivity contribution is 0.424. The third-order valence-electron chi connectivity index (χ3n) is 6.88. The number of para-hydroxylation sites is 1. The molecule has 1 aromatic heterocycles. The van der Waals surface area contributed by atoms with E-state index in [9.17, 15) is 22.1 Å². The SMILES string of the molecule is N#CC(=Cc1cn(-c2ccccc2)nc1-c1cccc(S(=O)(=O)N2CCCCCC2)c1)S(=O)(=O)c1ccc(Cl)cc1. The molecule has 11 heteroatoms. The van der Waals surface area contributed by atoms with Gasteiger partial charge in [0.15, 0.2) is 0 Å². The van der Waals surface area contributed by atoms with Gasteiger partial charge in [0.2, 0.25) is 19.9 Å². The lowest BCUT2D eigenvalue weighted by Crippen LogP contribution is -2.31. The van der Waals surface area contributed by atoms with Crippen molar-refractivity contribution < 1.29 is 16.8 Å². The van der Waals surface area contributed by atoms with Gasteiger partial charge in [0.25, 0.3) is 0 Å². The average Bonchev–Trinajstić information content (AvgIpc) is 3.20. The maximum absolute atomic E-state index is 13.5. The van der Waals surface area contributed by atoms with Gasteiger partial charge in [-0.15, -0.1) is 0 Å². The highest BCUT2D eigenvalue weighted by molar-refractivity contribution is 7.95. The third-order valence-corrected chi connectivity index (χ3v) is 10.7. The molecule has 1 aliphatic rings. The van der Waals surface area contributed by atoms with E-state index in [2.05, 4.69) is 0 Å². The van der Waals surface area contributed by atoms with Crippen LogP contribution in [0, 0.1) is 11.3 Å². The minimum atomic E-state index is -4.17. The average molecular weight is 607 g/mol. The summed E-state index contributed by atoms with van der Waals surface area (Å²) in [7, 11) is -7.91. The monoisotopic (exact) mass is 606 g/mol. The lowest BCUT2D eigenvalue weighted by atomic mass is 10.1. The van der Waals surface area contributed by atoms with Crippen molar-refractivity contribution >= 4 is 37.5 Å². The molecule has 210 valence electrons. The number of benzene rings is 3. The Bertz CT molecular complexity index is 1840. The van der Waals surface area contributed by atoms with E-state index in [1.54, 1.807) is 35.1 Å². The van der Waals surface area contributed by atoms with Crippen LogP contribution in [0.2, 0.25) is 5.02 Å². The van der Waals surface area contributed by atoms with Crippen LogP contribution >= 0.6 is 11.6 Å². The van der Waals surface area contributed by atoms with E-state index in [1.807, 2.05) is 36.4 Å². The van der Waals surface area contributed by atoms with Crippen LogP contribution in [0.15, 0.2) is 99.8 Å². The number of sulfone groups is 1. The first-order chi connectivity index (χ1) is 19.7. The van der Waals surface area contributed by atoms with Crippen molar-refractivity contribution in [3.05, 3.63) is 101 Å². The Morgan fingerprint density at radius 1 is 0.854 bits per heavy atom. The summed E-state index contributed by atoms with van der Waals surface area (Å²) in [6, 6.07) is 23.1. The molecule has 0 aliphatic carbocycles. The van der Waals surface area contributed by atoms with Crippen LogP contribution in [0.1, 0.15) is 31.2 Å². The number of nitrogens with zero attached hydrogens (tertiary/aromatic N) is 4. The van der Waals surface area contributed by atoms with E-state index in [-0.39, 0.29) is 9.79 Å². The molecular formula is C30H27ClN4O4S2. The van der Waals surface area contributed by atoms with Gasteiger partial charge in [-0.25, -0.2) is 21.5 Å². The second-order valence-corrected chi connectivity index (χ2v) is 13.9. The first kappa shape index (κ1) is 28.8. The minimum absolute atomic E-state index is 0.0720. The van der Waals surface area contributed by atoms with Crippen LogP contribution in [-0.2, 0) is 19.9 Å². The van der Waals surface area contributed by atoms with Crippen molar-refractivity contribution in [2.24, 2.45) is 0 Å². The van der Waals surface area contributed by atoms with Gasteiger partial charge in [-0.3, -0.25) is 0 Å². The molecule has 2 heterocycles. The van der Waals surface area contributed by atoms with Crippen LogP contribution in [0.4, 0.5) is 0 Å². The third kappa shape index (κ3) is 6.14. The summed E-state index contributed by atoms with van der Waals surface area (Å²) in [5.74, 6) is 0. The highest BCUT2D eigenvalue weighted by Gasteiger charge is 2.27. The minimum Gasteiger partial charge on any atom is -0.240 e. The standard InChI is InChI=1S/C30H27ClN4O4S2/c31-25-13-15-27(16-14-25)40(36,37)29(21-32)20-24-22-35(26-10-4-3-5-11-26)33-30(24)23-9-8-12-28(19-23)41(38,39)34-17-6-1-2-7-18-34/h3-5,8-16,19-20,22H,1-2,6-7,17-18H2. The van der Waals surface area contributed by atoms with Gasteiger partial charge in [0.05, 0.1) is 15.5 Å². The fraction of sp³-hybridized carbons (Fsp3) is 0.200. The van der Waals surface area contributed by atoms with E-state index in [0.717, 1.165) is 25.7 Å². The van der Waals surface area contributed by atoms with Crippen molar-refractivity contribution in [3.63, 3.8) is 0 Å². The summed E-state index contributed by atoms with van der Waals surface area (Å²) in [4.78, 5) is -0.422. The summed E-state index contributed by atoms with van der Waals surface area (Å²) >= 11 is 5.93. The van der Waals surface area contributed by atoms with E-state index in [4.69, 9.17) is 16.7 Å². The van der Waals surface area contributed by atoms with Gasteiger partial charge in [-0.05, 0) is 67.4 Å². The quantitative estimate of drug-likeness (QED) is 0.235. The molecule has 0 saturated carbocycles. The van der Waals surface area contributed by atoms with Crippen molar-refractivity contribution in [2.75, 3.05) is 13.1 Å². The van der Waals surface area contributed by atoms with Gasteiger partial charge in [0, 0.05) is 35.4 Å². The number of halogens is 1. The number of aromatic nitrogens is 2. The number of hydrogen-bond donors (Lipinski definition) is 0. The summed E-state index contributed by atoms with van der Waals surface area (Å²) in [6.07, 6.45) is 6.51. The molecule has 0 spiro atoms. The van der Waals surface area contributed by atoms with Crippen molar-refractivity contribution in [1.29, 1.82) is 5.26 Å². The van der Waals surface area contributed by atoms with Crippen molar-refractivity contribution in [2.45, 2.75) is 35.5 Å². The first-order valence-electron chi connectivity index (χ1n) is 13.1. The van der Waals surface area contributed by atoms with Crippen molar-refractivity contribution in [1.82, 2.24) is 14.1 Å². The number of hydrogen-bond acceptors (Lipinski definition) is 6. The van der Waals surface area contributed by atoms with Crippen LogP contribution < -0.4 is 0 Å². The van der Waals surface area contributed by atoms with Gasteiger partial charge in [-0.2, -0.15) is 14.7 Å². The molecule has 4 aromatic rings. The highest BCUT2D eigenvalue weighted by Crippen LogP contribution is 2.31. The molecule has 41 heavy (non-hydrogen) atoms. The molecule has 5 rings (SSSR count). The maximum Gasteiger partial charge on any atom is 0.243 e. The predicted octanol–water partition coefficient (Wildman–Crippen LogP) is 6.10. The van der Waals surface area contributed by atoms with E-state index < -0.39 is 24.8 Å². The molecule has 8 nitrogen and oxygen atoms in total. The summed E-state index contributed by atoms with van der Waals surface area (Å²) in [6.45, 7) is 0.939. The van der Waals surface area contributed by atoms with Crippen LogP contribution in [-0.4, -0.2) is 44.0 Å². The summed E-state index contributed by atoms with van der Waals surface area (Å²) in [5.41, 5.74) is 1.86. The lowest BCUT2D eigenvalue weighted by Gasteiger charge is -2.20. The molecule has 1 saturated heterocycles. The molecule has 0 unspecified atom stereocenters. The molecule has 0 radical (unpaired) electrons. The fourth-order valence-corrected chi connectivity index (χ4v) is 7.56. The molecule has 0 bridgehead atoms. The zero-order valence-electron chi connectivity index (χ0n) is 22.0. The van der Waals surface area contributed by atoms with Gasteiger partial charge in [0.1, 0.15) is 16.7 Å². The van der Waals surface area contributed by atoms with Gasteiger partial charge >= 0.3 is 0 Å². The predicted molar refractivity (Wildman–Crippen MR) is 158 cm³/mol. The number of rotatable bonds is 7. The Morgan fingerprint density at radius 3 is 2.20 bits per heavy atom. The molecule has 0 atom stereocenters. The zero-order chi connectivity index (χ0) is 29.0. The Morgan fingerprint density at radius 2 is 1.54 bits per heavy atom. The van der Waals surface area contributed by atoms with Crippen LogP contribution in [0.25, 0.3) is 23.0 Å². The second-order valence-electron chi connectivity index (χ2n) is 9.64. The Hall–Kier alpha value is -3.75. The topological polar surface area (TPSA) is 113 Å². The van der Waals surface area contributed by atoms with Crippen molar-refractivity contribution in [3.8, 4) is 23.0 Å². The molecule has 3 aromatic carbocycles. The normalized spacial score (nSPS) is 15.3. The second kappa shape index (κ2) is 12.0. The highest BCUT2D eigenvalue weighted by atomic mass is 35.5. The Labute approximate surface area is 245 Å². The molecule has 0 amide bonds. The first-order valence-corrected chi connectivity index (χ1v) is 16.4. The smallest absolute Gasteiger partial charge is 0.240 e. The van der Waals surface area contributed by atoms with Gasteiger partial charge in [-0.1, -0.05) is 54.8 Å². The van der Waals surface area contributed by atoms with E-state index in [1.165, 1.54) is 34.6 Å². The molecule has 0 N–H and O–H groups in total. The van der Waals surface area contributed by atoms with Gasteiger partial charge < -0.3 is 0 Å². The largest absolute Gasteiger partial charge is 0.243 e. The summed E-state index contributed by atoms with van der Waals surface area (Å²) in [5, 5.41) is 15.0. The molecular weight excluding hydrogens is 580 g/mol.